The van der Waals surface area contributed by atoms with Crippen molar-refractivity contribution in [1.82, 2.24) is 9.99 Å². The van der Waals surface area contributed by atoms with Crippen LogP contribution < -0.4 is 5.32 Å². The fraction of sp³-hybridized carbons (Fsp3) is 0.0263. The zero-order chi connectivity index (χ0) is 28.2. The van der Waals surface area contributed by atoms with Gasteiger partial charge in [0.1, 0.15) is 11.2 Å². The Morgan fingerprint density at radius 1 is 0.791 bits per heavy atom. The number of fused-ring (bicyclic) bond motifs is 11. The fourth-order valence-electron chi connectivity index (χ4n) is 7.02. The van der Waals surface area contributed by atoms with Crippen molar-refractivity contribution < 1.29 is 4.42 Å². The molecule has 0 bridgehead atoms. The first-order valence-electron chi connectivity index (χ1n) is 14.5. The average molecular weight is 570 g/mol. The minimum Gasteiger partial charge on any atom is -0.455 e. The van der Waals surface area contributed by atoms with Crippen LogP contribution in [0, 0.1) is 0 Å². The summed E-state index contributed by atoms with van der Waals surface area (Å²) in [6, 6.07) is 32.4. The molecule has 1 atom stereocenters. The van der Waals surface area contributed by atoms with Gasteiger partial charge in [0, 0.05) is 58.5 Å². The number of para-hydroxylation sites is 2. The molecule has 0 amide bonds. The van der Waals surface area contributed by atoms with E-state index < -0.39 is 0 Å². The van der Waals surface area contributed by atoms with Crippen molar-refractivity contribution in [2.24, 2.45) is 5.10 Å². The van der Waals surface area contributed by atoms with Crippen molar-refractivity contribution in [3.05, 3.63) is 127 Å². The van der Waals surface area contributed by atoms with Gasteiger partial charge in [0.2, 0.25) is 0 Å². The van der Waals surface area contributed by atoms with Crippen LogP contribution in [0.1, 0.15) is 5.56 Å². The number of thiophene rings is 1. The van der Waals surface area contributed by atoms with Crippen LogP contribution in [0.5, 0.6) is 0 Å². The summed E-state index contributed by atoms with van der Waals surface area (Å²) in [5.74, 6) is 0. The number of rotatable bonds is 1. The predicted octanol–water partition coefficient (Wildman–Crippen LogP) is 10.0. The monoisotopic (exact) mass is 569 g/mol. The first-order valence-corrected chi connectivity index (χ1v) is 15.3. The predicted molar refractivity (Wildman–Crippen MR) is 182 cm³/mol. The maximum absolute atomic E-state index is 6.43. The lowest BCUT2D eigenvalue weighted by Gasteiger charge is -2.24. The number of hydrogen-bond acceptors (Lipinski definition) is 4. The zero-order valence-corrected chi connectivity index (χ0v) is 23.8. The molecule has 3 aromatic heterocycles. The van der Waals surface area contributed by atoms with Crippen LogP contribution in [-0.4, -0.2) is 16.4 Å². The van der Waals surface area contributed by atoms with Crippen molar-refractivity contribution in [3.8, 4) is 11.1 Å². The molecule has 202 valence electrons. The Bertz CT molecular complexity index is 2620. The number of aromatic nitrogens is 1. The smallest absolute Gasteiger partial charge is 0.143 e. The van der Waals surface area contributed by atoms with E-state index in [0.29, 0.717) is 0 Å². The molecule has 10 rings (SSSR count). The van der Waals surface area contributed by atoms with Crippen molar-refractivity contribution in [3.63, 3.8) is 0 Å². The third-order valence-electron chi connectivity index (χ3n) is 8.93. The Labute approximate surface area is 250 Å². The maximum atomic E-state index is 6.43. The minimum absolute atomic E-state index is 0.0525. The number of hydrogen-bond donors (Lipinski definition) is 1. The molecule has 8 aromatic rings. The van der Waals surface area contributed by atoms with Crippen LogP contribution in [0.4, 0.5) is 0 Å². The highest BCUT2D eigenvalue weighted by molar-refractivity contribution is 7.26. The van der Waals surface area contributed by atoms with Gasteiger partial charge in [0.15, 0.2) is 0 Å². The molecule has 1 unspecified atom stereocenters. The molecule has 0 fully saturated rings. The standard InChI is InChI=1S/C38H23N3OS/c1-21-35-36-26-10-3-7-16-33(26)43-34(36)20-28-27-19-22(23-11-8-12-25-24-9-2-6-15-32(24)42-38(23)25)17-18-31(27)41(37(28)35)40-30-14-5-4-13-29(30)39-21/h2-20,29,39H,1H2/b40-30-. The van der Waals surface area contributed by atoms with E-state index >= 15 is 0 Å². The molecule has 4 nitrogen and oxygen atoms in total. The fourth-order valence-corrected chi connectivity index (χ4v) is 8.18. The van der Waals surface area contributed by atoms with E-state index in [1.54, 1.807) is 0 Å². The second-order valence-corrected chi connectivity index (χ2v) is 12.4. The number of nitrogens with zero attached hydrogens (tertiary/aromatic N) is 2. The molecule has 0 spiro atoms. The highest BCUT2D eigenvalue weighted by Gasteiger charge is 2.26. The second-order valence-electron chi connectivity index (χ2n) is 11.3. The average Bonchev–Trinajstić information content (AvgIpc) is 3.69. The first-order chi connectivity index (χ1) is 21.2. The highest BCUT2D eigenvalue weighted by atomic mass is 32.1. The number of allylic oxidation sites excluding steroid dienone is 2. The summed E-state index contributed by atoms with van der Waals surface area (Å²) in [6.45, 7) is 4.61. The molecule has 1 N–H and O–H groups in total. The normalized spacial score (nSPS) is 17.5. The molecule has 0 radical (unpaired) electrons. The molecular formula is C38H23N3OS. The Kier molecular flexibility index (Phi) is 4.50. The van der Waals surface area contributed by atoms with Crippen LogP contribution in [-0.2, 0) is 0 Å². The van der Waals surface area contributed by atoms with Crippen molar-refractivity contribution in [1.29, 1.82) is 0 Å². The summed E-state index contributed by atoms with van der Waals surface area (Å²) in [4.78, 5) is 0. The molecular weight excluding hydrogens is 547 g/mol. The molecule has 0 saturated carbocycles. The van der Waals surface area contributed by atoms with Gasteiger partial charge in [-0.05, 0) is 42.0 Å². The van der Waals surface area contributed by atoms with Gasteiger partial charge in [-0.25, -0.2) is 4.68 Å². The van der Waals surface area contributed by atoms with Crippen LogP contribution in [0.25, 0.3) is 80.7 Å². The summed E-state index contributed by atoms with van der Waals surface area (Å²) in [7, 11) is 0. The quantitative estimate of drug-likeness (QED) is 0.214. The lowest BCUT2D eigenvalue weighted by Crippen LogP contribution is -2.35. The Morgan fingerprint density at radius 3 is 2.60 bits per heavy atom. The van der Waals surface area contributed by atoms with E-state index in [0.717, 1.165) is 66.5 Å². The van der Waals surface area contributed by atoms with Gasteiger partial charge in [0.05, 0.1) is 22.8 Å². The summed E-state index contributed by atoms with van der Waals surface area (Å²) in [5.41, 5.74) is 9.16. The van der Waals surface area contributed by atoms with Gasteiger partial charge in [-0.2, -0.15) is 5.10 Å². The van der Waals surface area contributed by atoms with Crippen LogP contribution >= 0.6 is 11.3 Å². The molecule has 2 aliphatic rings. The Balaban J connectivity index is 1.35. The van der Waals surface area contributed by atoms with Gasteiger partial charge in [0.25, 0.3) is 0 Å². The summed E-state index contributed by atoms with van der Waals surface area (Å²) in [6.07, 6.45) is 8.35. The van der Waals surface area contributed by atoms with Gasteiger partial charge >= 0.3 is 0 Å². The van der Waals surface area contributed by atoms with Gasteiger partial charge in [-0.3, -0.25) is 0 Å². The Hall–Kier alpha value is -5.39. The molecule has 5 aromatic carbocycles. The van der Waals surface area contributed by atoms with Gasteiger partial charge in [-0.15, -0.1) is 11.3 Å². The minimum atomic E-state index is -0.0525. The summed E-state index contributed by atoms with van der Waals surface area (Å²) in [5, 5.41) is 16.1. The van der Waals surface area contributed by atoms with Gasteiger partial charge in [-0.1, -0.05) is 85.5 Å². The first kappa shape index (κ1) is 23.2. The lowest BCUT2D eigenvalue weighted by atomic mass is 9.97. The third-order valence-corrected chi connectivity index (χ3v) is 10.0. The van der Waals surface area contributed by atoms with Crippen molar-refractivity contribution in [2.45, 2.75) is 6.04 Å². The van der Waals surface area contributed by atoms with E-state index in [9.17, 15) is 0 Å². The van der Waals surface area contributed by atoms with Crippen molar-refractivity contribution >= 4 is 86.7 Å². The van der Waals surface area contributed by atoms with Crippen LogP contribution in [0.2, 0.25) is 0 Å². The molecule has 0 saturated heterocycles. The topological polar surface area (TPSA) is 42.5 Å². The maximum Gasteiger partial charge on any atom is 0.143 e. The largest absolute Gasteiger partial charge is 0.455 e. The number of benzene rings is 5. The van der Waals surface area contributed by atoms with E-state index in [-0.39, 0.29) is 6.04 Å². The zero-order valence-electron chi connectivity index (χ0n) is 23.0. The van der Waals surface area contributed by atoms with Crippen molar-refractivity contribution in [2.75, 3.05) is 0 Å². The van der Waals surface area contributed by atoms with E-state index in [2.05, 4.69) is 114 Å². The SMILES string of the molecule is C=C1NC2C=CC=C/C2=N/n2c3ccc(-c4cccc5c4oc4ccccc45)cc3c3cc4sc5ccccc5c4c1c32. The molecule has 4 heterocycles. The third kappa shape index (κ3) is 3.12. The lowest BCUT2D eigenvalue weighted by molar-refractivity contribution is 0.670. The molecule has 43 heavy (non-hydrogen) atoms. The summed E-state index contributed by atoms with van der Waals surface area (Å²) < 4.78 is 11.1. The second kappa shape index (κ2) is 8.34. The number of furan rings is 1. The molecule has 5 heteroatoms. The van der Waals surface area contributed by atoms with Gasteiger partial charge < -0.3 is 9.73 Å². The molecule has 1 aliphatic carbocycles. The number of nitrogens with one attached hydrogen (secondary N) is 1. The highest BCUT2D eigenvalue weighted by Crippen LogP contribution is 2.46. The van der Waals surface area contributed by atoms with Crippen LogP contribution in [0.15, 0.2) is 131 Å². The van der Waals surface area contributed by atoms with E-state index in [4.69, 9.17) is 9.52 Å². The van der Waals surface area contributed by atoms with E-state index in [1.165, 1.54) is 25.6 Å². The summed E-state index contributed by atoms with van der Waals surface area (Å²) >= 11 is 1.84. The Morgan fingerprint density at radius 2 is 1.65 bits per heavy atom. The van der Waals surface area contributed by atoms with E-state index in [1.807, 2.05) is 29.5 Å². The molecule has 1 aliphatic heterocycles. The van der Waals surface area contributed by atoms with Crippen LogP contribution in [0.3, 0.4) is 0 Å².